The van der Waals surface area contributed by atoms with E-state index in [-0.39, 0.29) is 0 Å². The van der Waals surface area contributed by atoms with Gasteiger partial charge in [-0.3, -0.25) is 4.90 Å². The number of para-hydroxylation sites is 1. The quantitative estimate of drug-likeness (QED) is 0.673. The number of nitrogens with zero attached hydrogens (tertiary/aromatic N) is 3. The van der Waals surface area contributed by atoms with E-state index in [0.29, 0.717) is 11.8 Å². The first-order valence-corrected chi connectivity index (χ1v) is 10.7. The standard InChI is InChI=1S/C23H35N5O/c1-17(2)16-29-21-8-6-5-7-19(21)14-28(4)15-20-13-22(24-3)27-23(26-20)18-9-11-25-12-10-18/h5-8,13,17-18,25H,9-12,14-16H2,1-4H3,(H,24,26,27). The van der Waals surface area contributed by atoms with Gasteiger partial charge in [-0.2, -0.15) is 0 Å². The second kappa shape index (κ2) is 10.6. The Labute approximate surface area is 175 Å². The van der Waals surface area contributed by atoms with Gasteiger partial charge in [0.1, 0.15) is 17.4 Å². The molecule has 1 fully saturated rings. The van der Waals surface area contributed by atoms with E-state index >= 15 is 0 Å². The van der Waals surface area contributed by atoms with Crippen LogP contribution in [0.15, 0.2) is 30.3 Å². The van der Waals surface area contributed by atoms with Gasteiger partial charge < -0.3 is 15.4 Å². The molecule has 158 valence electrons. The molecule has 0 spiro atoms. The first-order chi connectivity index (χ1) is 14.0. The van der Waals surface area contributed by atoms with Gasteiger partial charge in [0.05, 0.1) is 12.3 Å². The molecule has 2 heterocycles. The van der Waals surface area contributed by atoms with E-state index in [0.717, 1.165) is 68.7 Å². The molecule has 0 atom stereocenters. The molecule has 0 aliphatic carbocycles. The van der Waals surface area contributed by atoms with Crippen molar-refractivity contribution in [3.05, 3.63) is 47.4 Å². The minimum absolute atomic E-state index is 0.443. The smallest absolute Gasteiger partial charge is 0.134 e. The Kier molecular flexibility index (Phi) is 7.83. The van der Waals surface area contributed by atoms with Crippen molar-refractivity contribution >= 4 is 5.82 Å². The predicted molar refractivity (Wildman–Crippen MR) is 118 cm³/mol. The van der Waals surface area contributed by atoms with Gasteiger partial charge in [-0.1, -0.05) is 32.0 Å². The van der Waals surface area contributed by atoms with Crippen LogP contribution in [0.2, 0.25) is 0 Å². The predicted octanol–water partition coefficient (Wildman–Crippen LogP) is 3.65. The number of piperidine rings is 1. The zero-order chi connectivity index (χ0) is 20.6. The fourth-order valence-electron chi connectivity index (χ4n) is 3.64. The molecular formula is C23H35N5O. The number of rotatable bonds is 9. The van der Waals surface area contributed by atoms with Gasteiger partial charge in [0.15, 0.2) is 0 Å². The molecular weight excluding hydrogens is 362 g/mol. The topological polar surface area (TPSA) is 62.3 Å². The van der Waals surface area contributed by atoms with Crippen molar-refractivity contribution in [2.24, 2.45) is 5.92 Å². The van der Waals surface area contributed by atoms with Crippen LogP contribution >= 0.6 is 0 Å². The maximum absolute atomic E-state index is 6.02. The van der Waals surface area contributed by atoms with E-state index < -0.39 is 0 Å². The second-order valence-corrected chi connectivity index (χ2v) is 8.36. The Bertz CT molecular complexity index is 774. The molecule has 0 amide bonds. The lowest BCUT2D eigenvalue weighted by atomic mass is 9.97. The van der Waals surface area contributed by atoms with Crippen LogP contribution in [-0.2, 0) is 13.1 Å². The van der Waals surface area contributed by atoms with Gasteiger partial charge in [0.2, 0.25) is 0 Å². The van der Waals surface area contributed by atoms with Crippen LogP contribution in [0.25, 0.3) is 0 Å². The third-order valence-electron chi connectivity index (χ3n) is 5.17. The van der Waals surface area contributed by atoms with Crippen molar-refractivity contribution in [2.45, 2.75) is 45.7 Å². The molecule has 1 aliphatic heterocycles. The van der Waals surface area contributed by atoms with E-state index in [1.54, 1.807) is 0 Å². The SMILES string of the molecule is CNc1cc(CN(C)Cc2ccccc2OCC(C)C)nc(C2CCNCC2)n1. The lowest BCUT2D eigenvalue weighted by Gasteiger charge is -2.23. The largest absolute Gasteiger partial charge is 0.493 e. The number of ether oxygens (including phenoxy) is 1. The third-order valence-corrected chi connectivity index (χ3v) is 5.17. The Balaban J connectivity index is 1.69. The average Bonchev–Trinajstić information content (AvgIpc) is 2.73. The first-order valence-electron chi connectivity index (χ1n) is 10.7. The maximum atomic E-state index is 6.02. The molecule has 0 radical (unpaired) electrons. The second-order valence-electron chi connectivity index (χ2n) is 8.36. The molecule has 1 aliphatic rings. The van der Waals surface area contributed by atoms with Crippen LogP contribution in [0.3, 0.4) is 0 Å². The van der Waals surface area contributed by atoms with Gasteiger partial charge >= 0.3 is 0 Å². The van der Waals surface area contributed by atoms with Crippen LogP contribution in [0, 0.1) is 5.92 Å². The lowest BCUT2D eigenvalue weighted by molar-refractivity contribution is 0.258. The van der Waals surface area contributed by atoms with Crippen molar-refractivity contribution in [1.82, 2.24) is 20.2 Å². The van der Waals surface area contributed by atoms with Gasteiger partial charge in [-0.05, 0) is 45.0 Å². The molecule has 0 bridgehead atoms. The molecule has 2 aromatic rings. The summed E-state index contributed by atoms with van der Waals surface area (Å²) < 4.78 is 6.02. The Morgan fingerprint density at radius 3 is 2.66 bits per heavy atom. The fourth-order valence-corrected chi connectivity index (χ4v) is 3.64. The van der Waals surface area contributed by atoms with Crippen LogP contribution < -0.4 is 15.4 Å². The molecule has 2 N–H and O–H groups in total. The number of benzene rings is 1. The number of aromatic nitrogens is 2. The Hall–Kier alpha value is -2.18. The van der Waals surface area contributed by atoms with Crippen molar-refractivity contribution in [3.8, 4) is 5.75 Å². The number of anilines is 1. The molecule has 6 nitrogen and oxygen atoms in total. The summed E-state index contributed by atoms with van der Waals surface area (Å²) in [5, 5.41) is 6.62. The molecule has 29 heavy (non-hydrogen) atoms. The van der Waals surface area contributed by atoms with Gasteiger partial charge in [0.25, 0.3) is 0 Å². The molecule has 0 saturated carbocycles. The summed E-state index contributed by atoms with van der Waals surface area (Å²) in [6.45, 7) is 8.74. The van der Waals surface area contributed by atoms with E-state index in [4.69, 9.17) is 14.7 Å². The van der Waals surface area contributed by atoms with E-state index in [1.807, 2.05) is 13.1 Å². The summed E-state index contributed by atoms with van der Waals surface area (Å²) in [7, 11) is 4.05. The normalized spacial score (nSPS) is 15.1. The molecule has 0 unspecified atom stereocenters. The minimum Gasteiger partial charge on any atom is -0.493 e. The van der Waals surface area contributed by atoms with Gasteiger partial charge in [-0.15, -0.1) is 0 Å². The Morgan fingerprint density at radius 2 is 1.93 bits per heavy atom. The zero-order valence-electron chi connectivity index (χ0n) is 18.2. The Morgan fingerprint density at radius 1 is 1.17 bits per heavy atom. The summed E-state index contributed by atoms with van der Waals surface area (Å²) in [6.07, 6.45) is 2.20. The van der Waals surface area contributed by atoms with Crippen molar-refractivity contribution in [2.75, 3.05) is 39.1 Å². The molecule has 6 heteroatoms. The summed E-state index contributed by atoms with van der Waals surface area (Å²) in [5.41, 5.74) is 2.26. The monoisotopic (exact) mass is 397 g/mol. The number of nitrogens with one attached hydrogen (secondary N) is 2. The van der Waals surface area contributed by atoms with Crippen molar-refractivity contribution < 1.29 is 4.74 Å². The zero-order valence-corrected chi connectivity index (χ0v) is 18.2. The van der Waals surface area contributed by atoms with Gasteiger partial charge in [0, 0.05) is 37.7 Å². The lowest BCUT2D eigenvalue weighted by Crippen LogP contribution is -2.28. The maximum Gasteiger partial charge on any atom is 0.134 e. The first kappa shape index (κ1) is 21.5. The van der Waals surface area contributed by atoms with Crippen LogP contribution in [-0.4, -0.2) is 48.7 Å². The van der Waals surface area contributed by atoms with E-state index in [9.17, 15) is 0 Å². The van der Waals surface area contributed by atoms with E-state index in [2.05, 4.69) is 60.7 Å². The number of hydrogen-bond acceptors (Lipinski definition) is 6. The van der Waals surface area contributed by atoms with Crippen LogP contribution in [0.5, 0.6) is 5.75 Å². The number of hydrogen-bond donors (Lipinski definition) is 2. The highest BCUT2D eigenvalue weighted by Crippen LogP contribution is 2.25. The van der Waals surface area contributed by atoms with Crippen LogP contribution in [0.1, 0.15) is 49.7 Å². The highest BCUT2D eigenvalue weighted by molar-refractivity contribution is 5.36. The van der Waals surface area contributed by atoms with E-state index in [1.165, 1.54) is 5.56 Å². The summed E-state index contributed by atoms with van der Waals surface area (Å²) in [5.74, 6) is 3.80. The molecule has 3 rings (SSSR count). The molecule has 1 saturated heterocycles. The van der Waals surface area contributed by atoms with Crippen LogP contribution in [0.4, 0.5) is 5.82 Å². The van der Waals surface area contributed by atoms with Crippen molar-refractivity contribution in [1.29, 1.82) is 0 Å². The summed E-state index contributed by atoms with van der Waals surface area (Å²) in [4.78, 5) is 11.9. The fraction of sp³-hybridized carbons (Fsp3) is 0.565. The highest BCUT2D eigenvalue weighted by atomic mass is 16.5. The molecule has 1 aromatic carbocycles. The minimum atomic E-state index is 0.443. The summed E-state index contributed by atoms with van der Waals surface area (Å²) >= 11 is 0. The average molecular weight is 398 g/mol. The molecule has 1 aromatic heterocycles. The van der Waals surface area contributed by atoms with Crippen molar-refractivity contribution in [3.63, 3.8) is 0 Å². The highest BCUT2D eigenvalue weighted by Gasteiger charge is 2.19. The van der Waals surface area contributed by atoms with Gasteiger partial charge in [-0.25, -0.2) is 9.97 Å². The third kappa shape index (κ3) is 6.41. The summed E-state index contributed by atoms with van der Waals surface area (Å²) in [6, 6.07) is 10.4.